The number of nitrogens with zero attached hydrogens (tertiary/aromatic N) is 1. The Labute approximate surface area is 117 Å². The average Bonchev–Trinajstić information content (AvgIpc) is 2.69. The number of hydrogen-bond donors (Lipinski definition) is 1. The second-order valence-corrected chi connectivity index (χ2v) is 6.38. The zero-order valence-electron chi connectivity index (χ0n) is 10.4. The van der Waals surface area contributed by atoms with Crippen LogP contribution >= 0.6 is 0 Å². The van der Waals surface area contributed by atoms with Crippen molar-refractivity contribution in [2.24, 2.45) is 11.1 Å². The van der Waals surface area contributed by atoms with Gasteiger partial charge < -0.3 is 4.90 Å². The van der Waals surface area contributed by atoms with E-state index in [4.69, 9.17) is 5.14 Å². The van der Waals surface area contributed by atoms with Crippen molar-refractivity contribution in [3.8, 4) is 0 Å². The van der Waals surface area contributed by atoms with Gasteiger partial charge in [0.05, 0.1) is 11.4 Å². The van der Waals surface area contributed by atoms with E-state index in [9.17, 15) is 30.8 Å². The molecule has 1 amide bonds. The molecule has 5 nitrogen and oxygen atoms in total. The largest absolute Gasteiger partial charge is 0.309 e. The van der Waals surface area contributed by atoms with Crippen LogP contribution in [0.4, 0.5) is 23.2 Å². The van der Waals surface area contributed by atoms with Gasteiger partial charge in [-0.15, -0.1) is 0 Å². The van der Waals surface area contributed by atoms with Gasteiger partial charge in [0.25, 0.3) is 0 Å². The third kappa shape index (κ3) is 3.16. The number of amides is 1. The van der Waals surface area contributed by atoms with E-state index < -0.39 is 56.6 Å². The molecule has 116 valence electrons. The summed E-state index contributed by atoms with van der Waals surface area (Å²) < 4.78 is 74.7. The number of nitrogens with two attached hydrogens (primary N) is 1. The third-order valence-corrected chi connectivity index (χ3v) is 3.98. The Kier molecular flexibility index (Phi) is 3.93. The van der Waals surface area contributed by atoms with E-state index in [2.05, 4.69) is 0 Å². The lowest BCUT2D eigenvalue weighted by molar-refractivity contribution is -0.117. The fourth-order valence-electron chi connectivity index (χ4n) is 2.21. The molecule has 1 aromatic rings. The van der Waals surface area contributed by atoms with Crippen molar-refractivity contribution in [3.63, 3.8) is 0 Å². The van der Waals surface area contributed by atoms with Crippen LogP contribution in [0.3, 0.4) is 0 Å². The quantitative estimate of drug-likeness (QED) is 0.509. The summed E-state index contributed by atoms with van der Waals surface area (Å²) in [5.74, 6) is -9.36. The van der Waals surface area contributed by atoms with Crippen molar-refractivity contribution in [1.29, 1.82) is 0 Å². The predicted octanol–water partition coefficient (Wildman–Crippen LogP) is 0.884. The number of hydrogen-bond acceptors (Lipinski definition) is 3. The number of carbonyl (C=O) groups excluding carboxylic acids is 1. The second-order valence-electron chi connectivity index (χ2n) is 4.72. The third-order valence-electron chi connectivity index (χ3n) is 3.05. The number of rotatable bonds is 3. The smallest absolute Gasteiger partial charge is 0.227 e. The number of anilines is 1. The van der Waals surface area contributed by atoms with Gasteiger partial charge in [-0.2, -0.15) is 0 Å². The van der Waals surface area contributed by atoms with Crippen molar-refractivity contribution >= 4 is 21.6 Å². The zero-order chi connectivity index (χ0) is 15.9. The molecule has 0 aromatic heterocycles. The van der Waals surface area contributed by atoms with E-state index in [1.807, 2.05) is 0 Å². The molecule has 2 N–H and O–H groups in total. The SMILES string of the molecule is NS(=O)(=O)CC1CC(=O)N(c2cc(F)c(F)c(F)c2F)C1. The first-order valence-corrected chi connectivity index (χ1v) is 7.45. The average molecular weight is 326 g/mol. The number of carbonyl (C=O) groups is 1. The van der Waals surface area contributed by atoms with Crippen LogP contribution in [0.15, 0.2) is 6.07 Å². The summed E-state index contributed by atoms with van der Waals surface area (Å²) in [6, 6.07) is 0.352. The molecule has 10 heteroatoms. The summed E-state index contributed by atoms with van der Waals surface area (Å²) in [5, 5.41) is 4.84. The van der Waals surface area contributed by atoms with Crippen molar-refractivity contribution in [3.05, 3.63) is 29.3 Å². The van der Waals surface area contributed by atoms with Gasteiger partial charge in [0.1, 0.15) is 0 Å². The molecule has 2 rings (SSSR count). The maximum atomic E-state index is 13.6. The molecule has 21 heavy (non-hydrogen) atoms. The zero-order valence-corrected chi connectivity index (χ0v) is 11.3. The van der Waals surface area contributed by atoms with Crippen LogP contribution in [0.1, 0.15) is 6.42 Å². The summed E-state index contributed by atoms with van der Waals surface area (Å²) in [5.41, 5.74) is -0.770. The van der Waals surface area contributed by atoms with Gasteiger partial charge in [-0.3, -0.25) is 4.79 Å². The van der Waals surface area contributed by atoms with Crippen LogP contribution in [0.25, 0.3) is 0 Å². The lowest BCUT2D eigenvalue weighted by Crippen LogP contribution is -2.28. The minimum Gasteiger partial charge on any atom is -0.309 e. The van der Waals surface area contributed by atoms with Gasteiger partial charge in [0, 0.05) is 24.9 Å². The van der Waals surface area contributed by atoms with Gasteiger partial charge in [0.2, 0.25) is 15.9 Å². The Bertz CT molecular complexity index is 708. The van der Waals surface area contributed by atoms with Crippen molar-refractivity contribution < 1.29 is 30.8 Å². The minimum atomic E-state index is -3.85. The van der Waals surface area contributed by atoms with Crippen LogP contribution in [0.5, 0.6) is 0 Å². The van der Waals surface area contributed by atoms with Gasteiger partial charge in [0.15, 0.2) is 23.3 Å². The summed E-state index contributed by atoms with van der Waals surface area (Å²) in [7, 11) is -3.85. The van der Waals surface area contributed by atoms with Crippen LogP contribution in [-0.4, -0.2) is 26.6 Å². The number of sulfonamides is 1. The van der Waals surface area contributed by atoms with Crippen LogP contribution in [0.2, 0.25) is 0 Å². The number of benzene rings is 1. The van der Waals surface area contributed by atoms with E-state index in [0.29, 0.717) is 11.0 Å². The maximum Gasteiger partial charge on any atom is 0.227 e. The topological polar surface area (TPSA) is 80.5 Å². The summed E-state index contributed by atoms with van der Waals surface area (Å²) in [6.07, 6.45) is -0.267. The molecule has 1 atom stereocenters. The summed E-state index contributed by atoms with van der Waals surface area (Å²) in [6.45, 7) is -0.281. The Morgan fingerprint density at radius 1 is 1.19 bits per heavy atom. The summed E-state index contributed by atoms with van der Waals surface area (Å²) in [4.78, 5) is 12.4. The second kappa shape index (κ2) is 5.26. The van der Waals surface area contributed by atoms with Gasteiger partial charge in [-0.05, 0) is 0 Å². The Morgan fingerprint density at radius 3 is 2.38 bits per heavy atom. The van der Waals surface area contributed by atoms with Crippen molar-refractivity contribution in [2.45, 2.75) is 6.42 Å². The number of primary sulfonamides is 1. The highest BCUT2D eigenvalue weighted by atomic mass is 32.2. The van der Waals surface area contributed by atoms with Crippen molar-refractivity contribution in [2.75, 3.05) is 17.2 Å². The highest BCUT2D eigenvalue weighted by molar-refractivity contribution is 7.89. The fraction of sp³-hybridized carbons (Fsp3) is 0.364. The molecule has 0 bridgehead atoms. The molecular weight excluding hydrogens is 316 g/mol. The molecule has 1 unspecified atom stereocenters. The Hall–Kier alpha value is -1.68. The van der Waals surface area contributed by atoms with Crippen LogP contribution < -0.4 is 10.0 Å². The maximum absolute atomic E-state index is 13.6. The van der Waals surface area contributed by atoms with E-state index >= 15 is 0 Å². The molecule has 0 radical (unpaired) electrons. The van der Waals surface area contributed by atoms with E-state index in [0.717, 1.165) is 0 Å². The fourth-order valence-corrected chi connectivity index (χ4v) is 3.09. The molecule has 1 aromatic carbocycles. The molecule has 1 aliphatic heterocycles. The van der Waals surface area contributed by atoms with Crippen molar-refractivity contribution in [1.82, 2.24) is 0 Å². The van der Waals surface area contributed by atoms with Crippen LogP contribution in [0, 0.1) is 29.2 Å². The lowest BCUT2D eigenvalue weighted by Gasteiger charge is -2.18. The molecule has 1 saturated heterocycles. The van der Waals surface area contributed by atoms with Gasteiger partial charge >= 0.3 is 0 Å². The monoisotopic (exact) mass is 326 g/mol. The molecule has 1 heterocycles. The first-order chi connectivity index (χ1) is 9.60. The van der Waals surface area contributed by atoms with Gasteiger partial charge in [-0.25, -0.2) is 31.1 Å². The standard InChI is InChI=1S/C11H10F4N2O3S/c12-6-2-7(10(14)11(15)9(6)13)17-3-5(1-8(17)18)4-21(16,19)20/h2,5H,1,3-4H2,(H2,16,19,20). The first kappa shape index (κ1) is 15.7. The molecule has 0 aliphatic carbocycles. The Balaban J connectivity index is 2.34. The van der Waals surface area contributed by atoms with E-state index in [-0.39, 0.29) is 13.0 Å². The lowest BCUT2D eigenvalue weighted by atomic mass is 10.1. The number of halogens is 4. The minimum absolute atomic E-state index is 0.267. The highest BCUT2D eigenvalue weighted by Crippen LogP contribution is 2.31. The molecule has 1 aliphatic rings. The molecule has 0 spiro atoms. The normalized spacial score (nSPS) is 19.4. The van der Waals surface area contributed by atoms with Crippen LogP contribution in [-0.2, 0) is 14.8 Å². The first-order valence-electron chi connectivity index (χ1n) is 5.74. The van der Waals surface area contributed by atoms with E-state index in [1.54, 1.807) is 0 Å². The van der Waals surface area contributed by atoms with Gasteiger partial charge in [-0.1, -0.05) is 0 Å². The molecule has 1 fully saturated rings. The highest BCUT2D eigenvalue weighted by Gasteiger charge is 2.35. The Morgan fingerprint density at radius 2 is 1.81 bits per heavy atom. The predicted molar refractivity (Wildman–Crippen MR) is 64.7 cm³/mol. The molecular formula is C11H10F4N2O3S. The van der Waals surface area contributed by atoms with E-state index in [1.165, 1.54) is 0 Å². The molecule has 0 saturated carbocycles. The summed E-state index contributed by atoms with van der Waals surface area (Å²) >= 11 is 0.